The molecule has 0 spiro atoms. The highest BCUT2D eigenvalue weighted by molar-refractivity contribution is 9.09. The topological polar surface area (TPSA) is 0 Å². The van der Waals surface area contributed by atoms with Gasteiger partial charge in [-0.05, 0) is 0 Å². The summed E-state index contributed by atoms with van der Waals surface area (Å²) in [6.07, 6.45) is -0.330. The molecule has 74 valence electrons. The van der Waals surface area contributed by atoms with E-state index in [-0.39, 0.29) is 23.5 Å². The maximum atomic E-state index is 13.3. The molecule has 0 saturated carbocycles. The first-order chi connectivity index (χ1) is 5.37. The maximum absolute atomic E-state index is 13.3. The summed E-state index contributed by atoms with van der Waals surface area (Å²) in [6, 6.07) is 0. The second kappa shape index (κ2) is 5.32. The molecule has 0 heterocycles. The summed E-state index contributed by atoms with van der Waals surface area (Å²) in [7, 11) is 0. The van der Waals surface area contributed by atoms with Crippen LogP contribution in [-0.2, 0) is 0 Å². The molecule has 0 rings (SSSR count). The van der Waals surface area contributed by atoms with E-state index in [0.717, 1.165) is 0 Å². The van der Waals surface area contributed by atoms with Crippen LogP contribution < -0.4 is 0 Å². The highest BCUT2D eigenvalue weighted by Gasteiger charge is 2.49. The van der Waals surface area contributed by atoms with E-state index in [2.05, 4.69) is 31.9 Å². The van der Waals surface area contributed by atoms with Crippen molar-refractivity contribution in [1.82, 2.24) is 0 Å². The van der Waals surface area contributed by atoms with Crippen molar-refractivity contribution in [2.45, 2.75) is 23.1 Å². The summed E-state index contributed by atoms with van der Waals surface area (Å²) in [5, 5.41) is -4.47. The Labute approximate surface area is 97.2 Å². The monoisotopic (exact) mass is 346 g/mol. The van der Waals surface area contributed by atoms with Gasteiger partial charge >= 0.3 is 0 Å². The Balaban J connectivity index is 4.28. The van der Waals surface area contributed by atoms with Crippen molar-refractivity contribution in [2.75, 3.05) is 10.7 Å². The zero-order chi connectivity index (χ0) is 9.83. The molecule has 12 heavy (non-hydrogen) atoms. The number of hydrogen-bond acceptors (Lipinski definition) is 0. The summed E-state index contributed by atoms with van der Waals surface area (Å²) in [5.74, 6) is 0. The Morgan fingerprint density at radius 3 is 1.33 bits per heavy atom. The van der Waals surface area contributed by atoms with E-state index in [4.69, 9.17) is 23.2 Å². The van der Waals surface area contributed by atoms with Crippen LogP contribution in [0.5, 0.6) is 0 Å². The summed E-state index contributed by atoms with van der Waals surface area (Å²) in [5.41, 5.74) is 0. The Morgan fingerprint density at radius 1 is 0.917 bits per heavy atom. The molecule has 2 unspecified atom stereocenters. The van der Waals surface area contributed by atoms with Crippen molar-refractivity contribution >= 4 is 55.1 Å². The van der Waals surface area contributed by atoms with Crippen LogP contribution in [0.4, 0.5) is 8.78 Å². The summed E-state index contributed by atoms with van der Waals surface area (Å²) in [6.45, 7) is 0. The maximum Gasteiger partial charge on any atom is 0.231 e. The zero-order valence-corrected chi connectivity index (χ0v) is 10.8. The molecule has 0 radical (unpaired) electrons. The Hall–Kier alpha value is 1.40. The molecule has 0 aromatic heterocycles. The molecule has 2 atom stereocenters. The Kier molecular flexibility index (Phi) is 5.94. The van der Waals surface area contributed by atoms with Gasteiger partial charge in [-0.3, -0.25) is 0 Å². The molecule has 6 heteroatoms. The fraction of sp³-hybridized carbons (Fsp3) is 1.00. The number of halogens is 6. The molecule has 0 bridgehead atoms. The van der Waals surface area contributed by atoms with Gasteiger partial charge < -0.3 is 0 Å². The quantitative estimate of drug-likeness (QED) is 0.647. The molecule has 0 saturated heterocycles. The minimum absolute atomic E-state index is 0.165. The molecular weight excluding hydrogens is 341 g/mol. The van der Waals surface area contributed by atoms with Gasteiger partial charge in [0.05, 0.1) is 0 Å². The number of hydrogen-bond donors (Lipinski definition) is 0. The molecule has 0 N–H and O–H groups in total. The largest absolute Gasteiger partial charge is 0.231 e. The predicted molar refractivity (Wildman–Crippen MR) is 56.2 cm³/mol. The van der Waals surface area contributed by atoms with Gasteiger partial charge in [0.1, 0.15) is 0 Å². The molecule has 0 aliphatic heterocycles. The second-order valence-corrected chi connectivity index (χ2v) is 5.07. The van der Waals surface area contributed by atoms with Gasteiger partial charge in [0, 0.05) is 23.5 Å². The van der Waals surface area contributed by atoms with Gasteiger partial charge in [0.15, 0.2) is 0 Å². The molecular formula is C6H8Br2Cl2F2. The van der Waals surface area contributed by atoms with Gasteiger partial charge in [-0.15, -0.1) is 0 Å². The highest BCUT2D eigenvalue weighted by Crippen LogP contribution is 2.43. The Morgan fingerprint density at radius 2 is 1.17 bits per heavy atom. The summed E-state index contributed by atoms with van der Waals surface area (Å²) < 4.78 is 26.5. The lowest BCUT2D eigenvalue weighted by atomic mass is 10.1. The van der Waals surface area contributed by atoms with Crippen LogP contribution in [0.15, 0.2) is 0 Å². The minimum atomic E-state index is -2.51. The third-order valence-corrected chi connectivity index (χ3v) is 3.22. The van der Waals surface area contributed by atoms with E-state index in [1.165, 1.54) is 0 Å². The molecule has 0 nitrogen and oxygen atoms in total. The van der Waals surface area contributed by atoms with Gasteiger partial charge in [-0.2, -0.15) is 0 Å². The van der Waals surface area contributed by atoms with Gasteiger partial charge in [0.2, 0.25) is 10.3 Å². The third-order valence-electron chi connectivity index (χ3n) is 1.35. The fourth-order valence-corrected chi connectivity index (χ4v) is 2.53. The average molecular weight is 349 g/mol. The minimum Gasteiger partial charge on any atom is -0.221 e. The van der Waals surface area contributed by atoms with Crippen LogP contribution in [0.2, 0.25) is 0 Å². The third kappa shape index (κ3) is 3.64. The molecule has 0 aromatic rings. The number of alkyl halides is 6. The second-order valence-electron chi connectivity index (χ2n) is 2.29. The van der Waals surface area contributed by atoms with Crippen molar-refractivity contribution < 1.29 is 8.78 Å². The lowest BCUT2D eigenvalue weighted by Gasteiger charge is -2.28. The Bertz CT molecular complexity index is 126. The number of rotatable bonds is 5. The molecule has 0 aliphatic rings. The van der Waals surface area contributed by atoms with E-state index in [9.17, 15) is 8.78 Å². The van der Waals surface area contributed by atoms with E-state index < -0.39 is 10.3 Å². The lowest BCUT2D eigenvalue weighted by molar-refractivity contribution is 0.0867. The van der Waals surface area contributed by atoms with E-state index in [1.54, 1.807) is 0 Å². The predicted octanol–water partition coefficient (Wildman–Crippen LogP) is 4.37. The first kappa shape index (κ1) is 13.4. The van der Waals surface area contributed by atoms with E-state index in [0.29, 0.717) is 0 Å². The van der Waals surface area contributed by atoms with Crippen LogP contribution >= 0.6 is 55.1 Å². The molecule has 0 aliphatic carbocycles. The lowest BCUT2D eigenvalue weighted by Crippen LogP contribution is -2.39. The first-order valence-electron chi connectivity index (χ1n) is 3.25. The van der Waals surface area contributed by atoms with Crippen LogP contribution in [0.3, 0.4) is 0 Å². The van der Waals surface area contributed by atoms with Crippen molar-refractivity contribution in [3.05, 3.63) is 0 Å². The van der Waals surface area contributed by atoms with Crippen LogP contribution in [-0.4, -0.2) is 20.9 Å². The molecule has 0 fully saturated rings. The highest BCUT2D eigenvalue weighted by atomic mass is 79.9. The summed E-state index contributed by atoms with van der Waals surface area (Å²) >= 11 is 16.5. The molecule has 0 aromatic carbocycles. The fourth-order valence-electron chi connectivity index (χ4n) is 0.603. The van der Waals surface area contributed by atoms with E-state index in [1.807, 2.05) is 0 Å². The van der Waals surface area contributed by atoms with Crippen molar-refractivity contribution in [3.63, 3.8) is 0 Å². The van der Waals surface area contributed by atoms with Crippen LogP contribution in [0.25, 0.3) is 0 Å². The summed E-state index contributed by atoms with van der Waals surface area (Å²) in [4.78, 5) is 0. The van der Waals surface area contributed by atoms with Crippen LogP contribution in [0.1, 0.15) is 12.8 Å². The van der Waals surface area contributed by atoms with Gasteiger partial charge in [-0.1, -0.05) is 55.1 Å². The standard InChI is InChI=1S/C6H8Br2Cl2F2/c7-3-1-5(9,11)6(10,12)2-4-8/h1-4H2. The zero-order valence-electron chi connectivity index (χ0n) is 6.10. The van der Waals surface area contributed by atoms with Crippen LogP contribution in [0, 0.1) is 0 Å². The smallest absolute Gasteiger partial charge is 0.221 e. The van der Waals surface area contributed by atoms with Gasteiger partial charge in [0.25, 0.3) is 0 Å². The van der Waals surface area contributed by atoms with Crippen molar-refractivity contribution in [3.8, 4) is 0 Å². The molecule has 0 amide bonds. The van der Waals surface area contributed by atoms with Gasteiger partial charge in [-0.25, -0.2) is 8.78 Å². The SMILES string of the molecule is FC(Cl)(CCBr)C(F)(Cl)CCBr. The van der Waals surface area contributed by atoms with Crippen molar-refractivity contribution in [2.24, 2.45) is 0 Å². The van der Waals surface area contributed by atoms with E-state index >= 15 is 0 Å². The first-order valence-corrected chi connectivity index (χ1v) is 6.25. The average Bonchev–Trinajstić information content (AvgIpc) is 1.86. The normalized spacial score (nSPS) is 21.5. The van der Waals surface area contributed by atoms with Crippen molar-refractivity contribution in [1.29, 1.82) is 0 Å².